The van der Waals surface area contributed by atoms with Gasteiger partial charge in [0.1, 0.15) is 12.1 Å². The standard InChI is InChI=1S/C32H41F5N4O7/c1-6-23(42)48-26(31(33,34)32(35,36)37)25(19(4)5)41-13-7-8-22(41)28(44)39-29(45)24(18(2)3)38-27(43)20-9-11-21(12-10-20)30(46)40-14-16-47-17-15-40/h9-12,18-19,22,24H,6-8,13-17H2,1-5H3,(H,38,43)(H,39,44,45)/b26-25+/t22-,24-/m0/s1. The molecule has 0 unspecified atom stereocenters. The summed E-state index contributed by atoms with van der Waals surface area (Å²) in [4.78, 5) is 67.1. The number of ether oxygens (including phenoxy) is 2. The Morgan fingerprint density at radius 3 is 2.04 bits per heavy atom. The highest BCUT2D eigenvalue weighted by molar-refractivity contribution is 6.03. The molecule has 11 nitrogen and oxygen atoms in total. The van der Waals surface area contributed by atoms with Crippen LogP contribution < -0.4 is 10.6 Å². The highest BCUT2D eigenvalue weighted by Crippen LogP contribution is 2.45. The number of morpholine rings is 1. The first-order chi connectivity index (χ1) is 22.4. The van der Waals surface area contributed by atoms with Gasteiger partial charge in [-0.25, -0.2) is 0 Å². The van der Waals surface area contributed by atoms with Gasteiger partial charge in [-0.2, -0.15) is 22.0 Å². The van der Waals surface area contributed by atoms with Crippen LogP contribution in [-0.2, 0) is 23.9 Å². The Morgan fingerprint density at radius 2 is 1.52 bits per heavy atom. The van der Waals surface area contributed by atoms with Crippen molar-refractivity contribution in [1.82, 2.24) is 20.4 Å². The summed E-state index contributed by atoms with van der Waals surface area (Å²) in [5.41, 5.74) is -0.200. The molecule has 2 N–H and O–H groups in total. The zero-order valence-electron chi connectivity index (χ0n) is 27.4. The van der Waals surface area contributed by atoms with Crippen molar-refractivity contribution in [3.8, 4) is 0 Å². The summed E-state index contributed by atoms with van der Waals surface area (Å²) in [6, 6.07) is 3.18. The van der Waals surface area contributed by atoms with Gasteiger partial charge in [-0.15, -0.1) is 0 Å². The van der Waals surface area contributed by atoms with E-state index < -0.39 is 77.6 Å². The number of hydrogen-bond donors (Lipinski definition) is 2. The van der Waals surface area contributed by atoms with Crippen LogP contribution in [-0.4, -0.2) is 96.4 Å². The van der Waals surface area contributed by atoms with Crippen LogP contribution in [0.15, 0.2) is 35.7 Å². The van der Waals surface area contributed by atoms with Crippen LogP contribution in [0.2, 0.25) is 0 Å². The highest BCUT2D eigenvalue weighted by atomic mass is 19.4. The largest absolute Gasteiger partial charge is 0.461 e. The lowest BCUT2D eigenvalue weighted by Gasteiger charge is -2.34. The van der Waals surface area contributed by atoms with E-state index in [1.807, 2.05) is 0 Å². The topological polar surface area (TPSA) is 134 Å². The van der Waals surface area contributed by atoms with E-state index in [9.17, 15) is 45.9 Å². The molecule has 2 saturated heterocycles. The summed E-state index contributed by atoms with van der Waals surface area (Å²) in [6.45, 7) is 8.65. The maximum atomic E-state index is 14.8. The second kappa shape index (κ2) is 15.9. The Kier molecular flexibility index (Phi) is 12.7. The van der Waals surface area contributed by atoms with Crippen LogP contribution in [0.5, 0.6) is 0 Å². The lowest BCUT2D eigenvalue weighted by Crippen LogP contribution is -2.54. The van der Waals surface area contributed by atoms with E-state index in [-0.39, 0.29) is 30.9 Å². The summed E-state index contributed by atoms with van der Waals surface area (Å²) >= 11 is 0. The first kappa shape index (κ1) is 38.4. The van der Waals surface area contributed by atoms with E-state index in [2.05, 4.69) is 15.4 Å². The molecule has 1 aromatic rings. The molecule has 0 aliphatic carbocycles. The number of alkyl halides is 5. The van der Waals surface area contributed by atoms with Gasteiger partial charge in [-0.3, -0.25) is 29.3 Å². The van der Waals surface area contributed by atoms with Crippen LogP contribution in [0.4, 0.5) is 22.0 Å². The molecule has 0 spiro atoms. The number of rotatable bonds is 11. The number of nitrogens with one attached hydrogen (secondary N) is 2. The molecule has 0 bridgehead atoms. The zero-order valence-corrected chi connectivity index (χ0v) is 27.4. The number of amides is 4. The summed E-state index contributed by atoms with van der Waals surface area (Å²) in [5.74, 6) is -13.2. The summed E-state index contributed by atoms with van der Waals surface area (Å²) < 4.78 is 80.0. The molecule has 266 valence electrons. The number of nitrogens with zero attached hydrogens (tertiary/aromatic N) is 2. The fourth-order valence-electron chi connectivity index (χ4n) is 5.40. The Morgan fingerprint density at radius 1 is 0.938 bits per heavy atom. The van der Waals surface area contributed by atoms with Gasteiger partial charge < -0.3 is 24.6 Å². The minimum atomic E-state index is -6.11. The van der Waals surface area contributed by atoms with Gasteiger partial charge in [0.2, 0.25) is 17.6 Å². The van der Waals surface area contributed by atoms with Gasteiger partial charge in [0.15, 0.2) is 0 Å². The molecule has 3 rings (SSSR count). The van der Waals surface area contributed by atoms with E-state index in [1.165, 1.54) is 45.0 Å². The summed E-state index contributed by atoms with van der Waals surface area (Å²) in [6.07, 6.45) is -6.40. The summed E-state index contributed by atoms with van der Waals surface area (Å²) in [7, 11) is 0. The number of allylic oxidation sites excluding steroid dienone is 2. The van der Waals surface area contributed by atoms with E-state index in [0.717, 1.165) is 4.90 Å². The van der Waals surface area contributed by atoms with Gasteiger partial charge in [0.05, 0.1) is 18.9 Å². The SMILES string of the molecule is CCC(=O)O/C(=C(\C(C)C)N1CCC[C@H]1C(=O)NC(=O)[C@@H](NC(=O)c1ccc(C(=O)N2CCOCC2)cc1)C(C)C)C(F)(F)C(F)(F)F. The number of benzene rings is 1. The Balaban J connectivity index is 1.80. The number of esters is 1. The van der Waals surface area contributed by atoms with Crippen molar-refractivity contribution < 1.29 is 55.4 Å². The van der Waals surface area contributed by atoms with Crippen molar-refractivity contribution in [2.45, 2.75) is 78.1 Å². The normalized spacial score (nSPS) is 18.4. The fraction of sp³-hybridized carbons (Fsp3) is 0.594. The van der Waals surface area contributed by atoms with Crippen molar-refractivity contribution in [1.29, 1.82) is 0 Å². The number of carbonyl (C=O) groups is 5. The van der Waals surface area contributed by atoms with Crippen molar-refractivity contribution in [2.24, 2.45) is 11.8 Å². The van der Waals surface area contributed by atoms with Crippen LogP contribution in [0.1, 0.15) is 74.6 Å². The molecule has 2 fully saturated rings. The molecule has 0 saturated carbocycles. The summed E-state index contributed by atoms with van der Waals surface area (Å²) in [5, 5.41) is 4.73. The third-order valence-electron chi connectivity index (χ3n) is 7.96. The molecule has 16 heteroatoms. The van der Waals surface area contributed by atoms with Crippen LogP contribution in [0.3, 0.4) is 0 Å². The van der Waals surface area contributed by atoms with Gasteiger partial charge >= 0.3 is 18.1 Å². The van der Waals surface area contributed by atoms with E-state index in [0.29, 0.717) is 31.9 Å². The van der Waals surface area contributed by atoms with E-state index in [4.69, 9.17) is 4.74 Å². The van der Waals surface area contributed by atoms with Gasteiger partial charge in [0.25, 0.3) is 11.8 Å². The zero-order chi connectivity index (χ0) is 36.0. The fourth-order valence-corrected chi connectivity index (χ4v) is 5.40. The first-order valence-corrected chi connectivity index (χ1v) is 15.7. The molecule has 48 heavy (non-hydrogen) atoms. The first-order valence-electron chi connectivity index (χ1n) is 15.7. The van der Waals surface area contributed by atoms with Crippen LogP contribution in [0.25, 0.3) is 0 Å². The predicted molar refractivity (Wildman–Crippen MR) is 161 cm³/mol. The highest BCUT2D eigenvalue weighted by Gasteiger charge is 2.64. The molecule has 2 aliphatic heterocycles. The van der Waals surface area contributed by atoms with Crippen LogP contribution in [0, 0.1) is 11.8 Å². The predicted octanol–water partition coefficient (Wildman–Crippen LogP) is 4.04. The van der Waals surface area contributed by atoms with Crippen LogP contribution >= 0.6 is 0 Å². The quantitative estimate of drug-likeness (QED) is 0.202. The monoisotopic (exact) mass is 688 g/mol. The number of carbonyl (C=O) groups excluding carboxylic acids is 5. The lowest BCUT2D eigenvalue weighted by molar-refractivity contribution is -0.276. The average Bonchev–Trinajstić information content (AvgIpc) is 3.51. The Hall–Kier alpha value is -4.08. The molecule has 4 amide bonds. The number of hydrogen-bond acceptors (Lipinski definition) is 8. The smallest absolute Gasteiger partial charge is 0.422 e. The van der Waals surface area contributed by atoms with Crippen molar-refractivity contribution >= 4 is 29.6 Å². The third-order valence-corrected chi connectivity index (χ3v) is 7.96. The molecular formula is C32H41F5N4O7. The average molecular weight is 689 g/mol. The Bertz CT molecular complexity index is 1390. The minimum Gasteiger partial charge on any atom is -0.422 e. The lowest BCUT2D eigenvalue weighted by atomic mass is 10.0. The van der Waals surface area contributed by atoms with Crippen molar-refractivity contribution in [3.63, 3.8) is 0 Å². The second-order valence-corrected chi connectivity index (χ2v) is 12.2. The van der Waals surface area contributed by atoms with E-state index in [1.54, 1.807) is 18.7 Å². The maximum absolute atomic E-state index is 14.8. The van der Waals surface area contributed by atoms with Gasteiger partial charge in [0, 0.05) is 37.2 Å². The number of halogens is 5. The molecule has 2 aliphatic rings. The molecular weight excluding hydrogens is 647 g/mol. The minimum absolute atomic E-state index is 0.00382. The van der Waals surface area contributed by atoms with Crippen molar-refractivity contribution in [2.75, 3.05) is 32.8 Å². The maximum Gasteiger partial charge on any atom is 0.461 e. The molecule has 0 radical (unpaired) electrons. The second-order valence-electron chi connectivity index (χ2n) is 12.2. The number of likely N-dealkylation sites (tertiary alicyclic amines) is 1. The Labute approximate surface area is 275 Å². The van der Waals surface area contributed by atoms with E-state index >= 15 is 0 Å². The molecule has 2 atom stereocenters. The van der Waals surface area contributed by atoms with Crippen molar-refractivity contribution in [3.05, 3.63) is 46.8 Å². The van der Waals surface area contributed by atoms with Gasteiger partial charge in [-0.1, -0.05) is 34.6 Å². The molecule has 0 aromatic heterocycles. The molecule has 1 aromatic carbocycles. The molecule has 2 heterocycles. The third kappa shape index (κ3) is 8.88. The van der Waals surface area contributed by atoms with Gasteiger partial charge in [-0.05, 0) is 48.9 Å². The number of imide groups is 1.